The van der Waals surface area contributed by atoms with Gasteiger partial charge in [-0.25, -0.2) is 18.0 Å². The third kappa shape index (κ3) is 6.15. The van der Waals surface area contributed by atoms with Crippen LogP contribution in [0.25, 0.3) is 0 Å². The summed E-state index contributed by atoms with van der Waals surface area (Å²) in [6.45, 7) is 0.261. The van der Waals surface area contributed by atoms with Gasteiger partial charge in [0.05, 0.1) is 5.69 Å². The quantitative estimate of drug-likeness (QED) is 0.535. The standard InChI is InChI=1S/C13H15F3N2O3/c14-8-6-10(16)11(7-9(8)15)18-13(21)17-5-3-1-2-4-12(19)20/h6-7H,1-5H2,(H,19,20)(H2,17,18,21). The van der Waals surface area contributed by atoms with Crippen molar-refractivity contribution in [1.82, 2.24) is 5.32 Å². The lowest BCUT2D eigenvalue weighted by Crippen LogP contribution is -2.30. The summed E-state index contributed by atoms with van der Waals surface area (Å²) in [4.78, 5) is 21.7. The summed E-state index contributed by atoms with van der Waals surface area (Å²) in [5, 5.41) is 12.9. The molecule has 3 N–H and O–H groups in total. The minimum Gasteiger partial charge on any atom is -0.481 e. The van der Waals surface area contributed by atoms with Gasteiger partial charge in [0.1, 0.15) is 5.82 Å². The van der Waals surface area contributed by atoms with Gasteiger partial charge in [-0.3, -0.25) is 4.79 Å². The molecular weight excluding hydrogens is 289 g/mol. The van der Waals surface area contributed by atoms with E-state index in [1.807, 2.05) is 0 Å². The number of hydrogen-bond acceptors (Lipinski definition) is 2. The summed E-state index contributed by atoms with van der Waals surface area (Å²) in [5.74, 6) is -4.56. The van der Waals surface area contributed by atoms with Gasteiger partial charge in [0, 0.05) is 25.1 Å². The van der Waals surface area contributed by atoms with Crippen molar-refractivity contribution in [2.24, 2.45) is 0 Å². The van der Waals surface area contributed by atoms with Crippen LogP contribution in [-0.2, 0) is 4.79 Å². The zero-order chi connectivity index (χ0) is 15.8. The highest BCUT2D eigenvalue weighted by atomic mass is 19.2. The summed E-state index contributed by atoms with van der Waals surface area (Å²) in [7, 11) is 0. The lowest BCUT2D eigenvalue weighted by atomic mass is 10.2. The Labute approximate surface area is 119 Å². The van der Waals surface area contributed by atoms with Crippen LogP contribution < -0.4 is 10.6 Å². The molecule has 1 rings (SSSR count). The molecule has 0 aromatic heterocycles. The van der Waals surface area contributed by atoms with Crippen LogP contribution >= 0.6 is 0 Å². The van der Waals surface area contributed by atoms with Crippen molar-refractivity contribution in [1.29, 1.82) is 0 Å². The Morgan fingerprint density at radius 3 is 2.33 bits per heavy atom. The maximum Gasteiger partial charge on any atom is 0.319 e. The van der Waals surface area contributed by atoms with Crippen LogP contribution in [0.5, 0.6) is 0 Å². The molecule has 0 bridgehead atoms. The second kappa shape index (κ2) is 8.13. The van der Waals surface area contributed by atoms with Crippen molar-refractivity contribution in [3.8, 4) is 0 Å². The van der Waals surface area contributed by atoms with Gasteiger partial charge in [-0.2, -0.15) is 0 Å². The minimum absolute atomic E-state index is 0.0618. The van der Waals surface area contributed by atoms with Crippen LogP contribution in [0.1, 0.15) is 25.7 Å². The van der Waals surface area contributed by atoms with Crippen LogP contribution in [0.2, 0.25) is 0 Å². The number of nitrogens with one attached hydrogen (secondary N) is 2. The monoisotopic (exact) mass is 304 g/mol. The molecule has 0 spiro atoms. The lowest BCUT2D eigenvalue weighted by molar-refractivity contribution is -0.137. The number of benzene rings is 1. The fourth-order valence-corrected chi connectivity index (χ4v) is 1.56. The summed E-state index contributed by atoms with van der Waals surface area (Å²) in [6.07, 6.45) is 1.73. The maximum atomic E-state index is 13.3. The summed E-state index contributed by atoms with van der Waals surface area (Å²) in [5.41, 5.74) is -0.461. The van der Waals surface area contributed by atoms with Crippen molar-refractivity contribution in [2.75, 3.05) is 11.9 Å². The Bertz CT molecular complexity index is 524. The molecule has 0 aliphatic rings. The molecule has 1 aromatic carbocycles. The minimum atomic E-state index is -1.34. The first-order valence-corrected chi connectivity index (χ1v) is 6.31. The van der Waals surface area contributed by atoms with Gasteiger partial charge in [0.15, 0.2) is 11.6 Å². The van der Waals surface area contributed by atoms with Crippen LogP contribution in [0.15, 0.2) is 12.1 Å². The fourth-order valence-electron chi connectivity index (χ4n) is 1.56. The lowest BCUT2D eigenvalue weighted by Gasteiger charge is -2.08. The largest absolute Gasteiger partial charge is 0.481 e. The molecule has 0 aliphatic carbocycles. The van der Waals surface area contributed by atoms with Crippen molar-refractivity contribution >= 4 is 17.7 Å². The van der Waals surface area contributed by atoms with Gasteiger partial charge in [0.25, 0.3) is 0 Å². The van der Waals surface area contributed by atoms with Crippen LogP contribution in [0, 0.1) is 17.5 Å². The Kier molecular flexibility index (Phi) is 6.51. The summed E-state index contributed by atoms with van der Waals surface area (Å²) in [6, 6.07) is 0.145. The van der Waals surface area contributed by atoms with Crippen molar-refractivity contribution < 1.29 is 27.9 Å². The molecule has 8 heteroatoms. The van der Waals surface area contributed by atoms with Crippen molar-refractivity contribution in [3.05, 3.63) is 29.6 Å². The molecule has 0 saturated heterocycles. The Hall–Kier alpha value is -2.25. The fraction of sp³-hybridized carbons (Fsp3) is 0.385. The molecule has 21 heavy (non-hydrogen) atoms. The number of anilines is 1. The number of unbranched alkanes of at least 4 members (excludes halogenated alkanes) is 2. The Morgan fingerprint density at radius 2 is 1.67 bits per heavy atom. The van der Waals surface area contributed by atoms with Crippen LogP contribution in [0.3, 0.4) is 0 Å². The van der Waals surface area contributed by atoms with Gasteiger partial charge in [0.2, 0.25) is 0 Å². The molecule has 0 heterocycles. The topological polar surface area (TPSA) is 78.4 Å². The predicted molar refractivity (Wildman–Crippen MR) is 69.4 cm³/mol. The highest BCUT2D eigenvalue weighted by molar-refractivity contribution is 5.89. The van der Waals surface area contributed by atoms with E-state index in [0.717, 1.165) is 0 Å². The molecule has 0 aliphatic heterocycles. The SMILES string of the molecule is O=C(O)CCCCCNC(=O)Nc1cc(F)c(F)cc1F. The van der Waals surface area contributed by atoms with E-state index in [0.29, 0.717) is 31.4 Å². The van der Waals surface area contributed by atoms with E-state index in [1.54, 1.807) is 0 Å². The zero-order valence-corrected chi connectivity index (χ0v) is 11.1. The highest BCUT2D eigenvalue weighted by Crippen LogP contribution is 2.18. The molecule has 2 amide bonds. The van der Waals surface area contributed by atoms with Gasteiger partial charge in [-0.1, -0.05) is 6.42 Å². The molecule has 116 valence electrons. The first kappa shape index (κ1) is 16.8. The van der Waals surface area contributed by atoms with Gasteiger partial charge in [-0.15, -0.1) is 0 Å². The number of rotatable bonds is 7. The van der Waals surface area contributed by atoms with Crippen molar-refractivity contribution in [3.63, 3.8) is 0 Å². The normalized spacial score (nSPS) is 10.2. The molecule has 0 unspecified atom stereocenters. The molecule has 1 aromatic rings. The highest BCUT2D eigenvalue weighted by Gasteiger charge is 2.11. The van der Waals surface area contributed by atoms with Gasteiger partial charge in [-0.05, 0) is 12.8 Å². The number of carbonyl (C=O) groups excluding carboxylic acids is 1. The first-order chi connectivity index (χ1) is 9.90. The second-order valence-electron chi connectivity index (χ2n) is 4.33. The number of hydrogen-bond donors (Lipinski definition) is 3. The number of carbonyl (C=O) groups is 2. The van der Waals surface area contributed by atoms with E-state index >= 15 is 0 Å². The van der Waals surface area contributed by atoms with Crippen LogP contribution in [0.4, 0.5) is 23.7 Å². The molecule has 0 saturated carbocycles. The molecule has 0 atom stereocenters. The molecule has 0 radical (unpaired) electrons. The maximum absolute atomic E-state index is 13.3. The Balaban J connectivity index is 2.31. The average molecular weight is 304 g/mol. The molecular formula is C13H15F3N2O3. The third-order valence-electron chi connectivity index (χ3n) is 2.61. The predicted octanol–water partition coefficient (Wildman–Crippen LogP) is 2.87. The van der Waals surface area contributed by atoms with E-state index in [2.05, 4.69) is 10.6 Å². The molecule has 0 fully saturated rings. The Morgan fingerprint density at radius 1 is 1.00 bits per heavy atom. The number of halogens is 3. The number of amides is 2. The summed E-state index contributed by atoms with van der Waals surface area (Å²) < 4.78 is 38.8. The third-order valence-corrected chi connectivity index (χ3v) is 2.61. The van der Waals surface area contributed by atoms with Gasteiger partial charge < -0.3 is 15.7 Å². The molecule has 5 nitrogen and oxygen atoms in total. The average Bonchev–Trinajstić information content (AvgIpc) is 2.39. The number of urea groups is 1. The number of carboxylic acids is 1. The number of aliphatic carboxylic acids is 1. The summed E-state index contributed by atoms with van der Waals surface area (Å²) >= 11 is 0. The first-order valence-electron chi connectivity index (χ1n) is 6.31. The van der Waals surface area contributed by atoms with Crippen molar-refractivity contribution in [2.45, 2.75) is 25.7 Å². The zero-order valence-electron chi connectivity index (χ0n) is 11.1. The van der Waals surface area contributed by atoms with E-state index in [-0.39, 0.29) is 13.0 Å². The van der Waals surface area contributed by atoms with E-state index in [9.17, 15) is 22.8 Å². The second-order valence-corrected chi connectivity index (χ2v) is 4.33. The van der Waals surface area contributed by atoms with E-state index in [4.69, 9.17) is 5.11 Å². The van der Waals surface area contributed by atoms with Gasteiger partial charge >= 0.3 is 12.0 Å². The van der Waals surface area contributed by atoms with E-state index < -0.39 is 35.1 Å². The van der Waals surface area contributed by atoms with Crippen LogP contribution in [-0.4, -0.2) is 23.7 Å². The van der Waals surface area contributed by atoms with E-state index in [1.165, 1.54) is 0 Å². The number of carboxylic acid groups (broad SMARTS) is 1. The smallest absolute Gasteiger partial charge is 0.319 e.